The molecule has 0 saturated heterocycles. The molecule has 2 aromatic carbocycles. The highest BCUT2D eigenvalue weighted by molar-refractivity contribution is 7.99. The van der Waals surface area contributed by atoms with Gasteiger partial charge in [0.1, 0.15) is 5.82 Å². The molecule has 1 amide bonds. The molecule has 0 heterocycles. The molecular formula is C20H23FN2O4S2. The molecule has 0 fully saturated rings. The van der Waals surface area contributed by atoms with Crippen molar-refractivity contribution in [3.63, 3.8) is 0 Å². The highest BCUT2D eigenvalue weighted by atomic mass is 32.2. The number of amides is 1. The van der Waals surface area contributed by atoms with Gasteiger partial charge in [-0.1, -0.05) is 12.1 Å². The molecule has 0 saturated carbocycles. The van der Waals surface area contributed by atoms with Crippen molar-refractivity contribution in [3.05, 3.63) is 59.9 Å². The smallest absolute Gasteiger partial charge is 0.243 e. The number of likely N-dealkylation sites (N-methyl/N-ethyl adjacent to an activating group) is 1. The van der Waals surface area contributed by atoms with Crippen LogP contribution in [0, 0.1) is 5.82 Å². The molecule has 0 radical (unpaired) electrons. The zero-order chi connectivity index (χ0) is 21.4. The summed E-state index contributed by atoms with van der Waals surface area (Å²) >= 11 is 1.55. The van der Waals surface area contributed by atoms with Gasteiger partial charge in [0.15, 0.2) is 5.78 Å². The number of halogens is 1. The van der Waals surface area contributed by atoms with Crippen molar-refractivity contribution in [1.29, 1.82) is 0 Å². The molecule has 2 aromatic rings. The van der Waals surface area contributed by atoms with Gasteiger partial charge in [0, 0.05) is 24.1 Å². The van der Waals surface area contributed by atoms with E-state index < -0.39 is 15.9 Å². The second kappa shape index (κ2) is 10.5. The molecule has 1 N–H and O–H groups in total. The maximum atomic E-state index is 12.8. The highest BCUT2D eigenvalue weighted by Gasteiger charge is 2.22. The summed E-state index contributed by atoms with van der Waals surface area (Å²) in [7, 11) is -2.49. The van der Waals surface area contributed by atoms with Crippen LogP contribution in [0.1, 0.15) is 23.7 Å². The van der Waals surface area contributed by atoms with Crippen molar-refractivity contribution < 1.29 is 22.4 Å². The normalized spacial score (nSPS) is 11.4. The van der Waals surface area contributed by atoms with Gasteiger partial charge < -0.3 is 5.32 Å². The number of carbonyl (C=O) groups is 2. The molecule has 0 aliphatic heterocycles. The maximum absolute atomic E-state index is 12.8. The number of sulfonamides is 1. The van der Waals surface area contributed by atoms with Gasteiger partial charge in [-0.25, -0.2) is 12.8 Å². The van der Waals surface area contributed by atoms with E-state index in [9.17, 15) is 22.4 Å². The van der Waals surface area contributed by atoms with Gasteiger partial charge in [0.25, 0.3) is 0 Å². The zero-order valence-electron chi connectivity index (χ0n) is 16.2. The topological polar surface area (TPSA) is 83.6 Å². The monoisotopic (exact) mass is 438 g/mol. The summed E-state index contributed by atoms with van der Waals surface area (Å²) in [4.78, 5) is 24.3. The first-order valence-corrected chi connectivity index (χ1v) is 11.3. The minimum Gasteiger partial charge on any atom is -0.355 e. The first kappa shape index (κ1) is 23.1. The third-order valence-electron chi connectivity index (χ3n) is 4.06. The van der Waals surface area contributed by atoms with E-state index in [2.05, 4.69) is 5.32 Å². The van der Waals surface area contributed by atoms with E-state index in [0.717, 1.165) is 15.0 Å². The highest BCUT2D eigenvalue weighted by Crippen LogP contribution is 2.18. The van der Waals surface area contributed by atoms with Crippen LogP contribution >= 0.6 is 11.8 Å². The Morgan fingerprint density at radius 3 is 2.28 bits per heavy atom. The Bertz CT molecular complexity index is 945. The predicted molar refractivity (Wildman–Crippen MR) is 111 cm³/mol. The van der Waals surface area contributed by atoms with Crippen LogP contribution in [-0.2, 0) is 14.8 Å². The molecule has 0 unspecified atom stereocenters. The molecule has 6 nitrogen and oxygen atoms in total. The molecule has 0 aliphatic rings. The number of nitrogens with one attached hydrogen (secondary N) is 1. The van der Waals surface area contributed by atoms with Gasteiger partial charge in [-0.2, -0.15) is 4.31 Å². The van der Waals surface area contributed by atoms with Gasteiger partial charge >= 0.3 is 0 Å². The summed E-state index contributed by atoms with van der Waals surface area (Å²) in [6.07, 6.45) is 0.691. The first-order valence-electron chi connectivity index (χ1n) is 8.92. The molecule has 9 heteroatoms. The van der Waals surface area contributed by atoms with Crippen LogP contribution in [0.5, 0.6) is 0 Å². The van der Waals surface area contributed by atoms with Gasteiger partial charge in [0.2, 0.25) is 15.9 Å². The fourth-order valence-electron chi connectivity index (χ4n) is 2.41. The van der Waals surface area contributed by atoms with Crippen LogP contribution in [0.2, 0.25) is 0 Å². The van der Waals surface area contributed by atoms with Crippen molar-refractivity contribution in [1.82, 2.24) is 9.62 Å². The lowest BCUT2D eigenvalue weighted by Crippen LogP contribution is -2.38. The lowest BCUT2D eigenvalue weighted by molar-refractivity contribution is -0.121. The van der Waals surface area contributed by atoms with Gasteiger partial charge in [-0.3, -0.25) is 9.59 Å². The third kappa shape index (κ3) is 6.95. The second-order valence-corrected chi connectivity index (χ2v) is 9.56. The summed E-state index contributed by atoms with van der Waals surface area (Å²) in [6, 6.07) is 11.8. The van der Waals surface area contributed by atoms with E-state index in [1.165, 1.54) is 50.4 Å². The van der Waals surface area contributed by atoms with Crippen LogP contribution in [0.15, 0.2) is 58.3 Å². The van der Waals surface area contributed by atoms with Gasteiger partial charge in [0.05, 0.1) is 11.4 Å². The van der Waals surface area contributed by atoms with Crippen molar-refractivity contribution in [2.45, 2.75) is 23.1 Å². The van der Waals surface area contributed by atoms with E-state index >= 15 is 0 Å². The molecule has 0 aromatic heterocycles. The number of hydrogen-bond donors (Lipinski definition) is 1. The number of hydrogen-bond acceptors (Lipinski definition) is 5. The standard InChI is InChI=1S/C20H23FN2O4S2/c1-15(24)16-4-10-19(11-5-16)29(26,27)23(2)14-20(25)22-12-3-13-28-18-8-6-17(21)7-9-18/h4-11H,3,12-14H2,1-2H3,(H,22,25). The minimum absolute atomic E-state index is 0.0218. The zero-order valence-corrected chi connectivity index (χ0v) is 17.9. The molecule has 0 bridgehead atoms. The fraction of sp³-hybridized carbons (Fsp3) is 0.300. The lowest BCUT2D eigenvalue weighted by Gasteiger charge is -2.17. The van der Waals surface area contributed by atoms with Crippen LogP contribution in [-0.4, -0.2) is 50.3 Å². The van der Waals surface area contributed by atoms with Crippen LogP contribution < -0.4 is 5.32 Å². The molecule has 156 valence electrons. The molecule has 29 heavy (non-hydrogen) atoms. The third-order valence-corrected chi connectivity index (χ3v) is 6.98. The van der Waals surface area contributed by atoms with E-state index in [-0.39, 0.29) is 23.0 Å². The van der Waals surface area contributed by atoms with Crippen LogP contribution in [0.4, 0.5) is 4.39 Å². The van der Waals surface area contributed by atoms with Crippen molar-refractivity contribution in [2.24, 2.45) is 0 Å². The Kier molecular flexibility index (Phi) is 8.36. The number of carbonyl (C=O) groups excluding carboxylic acids is 2. The largest absolute Gasteiger partial charge is 0.355 e. The average Bonchev–Trinajstić information content (AvgIpc) is 2.69. The SMILES string of the molecule is CC(=O)c1ccc(S(=O)(=O)N(C)CC(=O)NCCCSc2ccc(F)cc2)cc1. The first-order chi connectivity index (χ1) is 13.7. The van der Waals surface area contributed by atoms with Gasteiger partial charge in [-0.05, 0) is 55.5 Å². The average molecular weight is 439 g/mol. The second-order valence-electron chi connectivity index (χ2n) is 6.35. The minimum atomic E-state index is -3.82. The predicted octanol–water partition coefficient (Wildman–Crippen LogP) is 2.95. The van der Waals surface area contributed by atoms with Gasteiger partial charge in [-0.15, -0.1) is 11.8 Å². The molecular weight excluding hydrogens is 415 g/mol. The molecule has 2 rings (SSSR count). The quantitative estimate of drug-likeness (QED) is 0.350. The maximum Gasteiger partial charge on any atom is 0.243 e. The molecule has 0 atom stereocenters. The summed E-state index contributed by atoms with van der Waals surface area (Å²) in [5, 5.41) is 2.69. The van der Waals surface area contributed by atoms with Crippen LogP contribution in [0.3, 0.4) is 0 Å². The number of ketones is 1. The Labute approximate surface area is 174 Å². The van der Waals surface area contributed by atoms with Crippen LogP contribution in [0.25, 0.3) is 0 Å². The van der Waals surface area contributed by atoms with E-state index in [1.807, 2.05) is 0 Å². The number of Topliss-reactive ketones (excluding diaryl/α,β-unsaturated/α-hetero) is 1. The summed E-state index contributed by atoms with van der Waals surface area (Å²) in [6.45, 7) is 1.51. The number of nitrogens with zero attached hydrogens (tertiary/aromatic N) is 1. The lowest BCUT2D eigenvalue weighted by atomic mass is 10.2. The number of benzene rings is 2. The summed E-state index contributed by atoms with van der Waals surface area (Å²) < 4.78 is 38.9. The number of thioether (sulfide) groups is 1. The Hall–Kier alpha value is -2.23. The Balaban J connectivity index is 1.77. The van der Waals surface area contributed by atoms with Crippen molar-refractivity contribution in [2.75, 3.05) is 25.9 Å². The Morgan fingerprint density at radius 1 is 1.07 bits per heavy atom. The summed E-state index contributed by atoms with van der Waals surface area (Å²) in [5.74, 6) is -0.0966. The van der Waals surface area contributed by atoms with E-state index in [1.54, 1.807) is 23.9 Å². The Morgan fingerprint density at radius 2 is 1.69 bits per heavy atom. The van der Waals surface area contributed by atoms with E-state index in [4.69, 9.17) is 0 Å². The van der Waals surface area contributed by atoms with Crippen molar-refractivity contribution >= 4 is 33.5 Å². The molecule has 0 aliphatic carbocycles. The molecule has 0 spiro atoms. The van der Waals surface area contributed by atoms with Crippen molar-refractivity contribution in [3.8, 4) is 0 Å². The summed E-state index contributed by atoms with van der Waals surface area (Å²) in [5.41, 5.74) is 0.419. The van der Waals surface area contributed by atoms with E-state index in [0.29, 0.717) is 18.5 Å². The fourth-order valence-corrected chi connectivity index (χ4v) is 4.39. The number of rotatable bonds is 10.